The van der Waals surface area contributed by atoms with Crippen LogP contribution in [0.4, 0.5) is 10.8 Å². The molecule has 1 unspecified atom stereocenters. The first-order valence-corrected chi connectivity index (χ1v) is 11.2. The van der Waals surface area contributed by atoms with E-state index in [1.165, 1.54) is 18.4 Å². The fraction of sp³-hybridized carbons (Fsp3) is 0.333. The number of likely N-dealkylation sites (tertiary alicyclic amines) is 1. The van der Waals surface area contributed by atoms with Gasteiger partial charge in [-0.2, -0.15) is 0 Å². The highest BCUT2D eigenvalue weighted by molar-refractivity contribution is 7.14. The summed E-state index contributed by atoms with van der Waals surface area (Å²) in [6.45, 7) is 5.62. The largest absolute Gasteiger partial charge is 0.290 e. The molecule has 0 saturated carbocycles. The number of nitrogens with zero attached hydrogens (tertiary/aromatic N) is 3. The predicted octanol–water partition coefficient (Wildman–Crippen LogP) is 5.73. The average molecular weight is 406 g/mol. The van der Waals surface area contributed by atoms with Crippen LogP contribution in [-0.4, -0.2) is 22.3 Å². The Labute approximate surface area is 176 Å². The van der Waals surface area contributed by atoms with E-state index in [4.69, 9.17) is 4.98 Å². The molecule has 1 saturated heterocycles. The molecule has 1 aliphatic rings. The van der Waals surface area contributed by atoms with E-state index >= 15 is 0 Å². The Morgan fingerprint density at radius 1 is 1.17 bits per heavy atom. The summed E-state index contributed by atoms with van der Waals surface area (Å²) in [7, 11) is 0. The van der Waals surface area contributed by atoms with E-state index in [1.807, 2.05) is 18.2 Å². The molecular formula is C24H27N3OS. The summed E-state index contributed by atoms with van der Waals surface area (Å²) in [5.74, 6) is -0.00451. The van der Waals surface area contributed by atoms with Crippen LogP contribution in [-0.2, 0) is 17.8 Å². The van der Waals surface area contributed by atoms with Gasteiger partial charge in [-0.25, -0.2) is 4.98 Å². The second-order valence-corrected chi connectivity index (χ2v) is 8.33. The topological polar surface area (TPSA) is 36.4 Å². The number of aryl methyl sites for hydroxylation is 1. The molecule has 1 fully saturated rings. The van der Waals surface area contributed by atoms with Gasteiger partial charge in [0, 0.05) is 24.9 Å². The van der Waals surface area contributed by atoms with E-state index in [2.05, 4.69) is 53.6 Å². The maximum absolute atomic E-state index is 12.5. The standard InChI is InChI=1S/C24H27N3OS/c1-3-19-10-7-8-13-23(19)27(18(2)28)24-25-21(17-29-24)16-26-15-9-14-22(26)20-11-5-4-6-12-20/h4-8,10-13,17,22H,3,9,14-16H2,1-2H3. The third-order valence-electron chi connectivity index (χ3n) is 5.57. The zero-order chi connectivity index (χ0) is 20.2. The molecule has 1 aromatic heterocycles. The number of aromatic nitrogens is 1. The monoisotopic (exact) mass is 405 g/mol. The number of hydrogen-bond acceptors (Lipinski definition) is 4. The van der Waals surface area contributed by atoms with Gasteiger partial charge in [-0.05, 0) is 43.0 Å². The highest BCUT2D eigenvalue weighted by Gasteiger charge is 2.27. The van der Waals surface area contributed by atoms with Crippen LogP contribution in [0.25, 0.3) is 0 Å². The van der Waals surface area contributed by atoms with Gasteiger partial charge in [-0.15, -0.1) is 11.3 Å². The van der Waals surface area contributed by atoms with Gasteiger partial charge in [0.2, 0.25) is 5.91 Å². The zero-order valence-electron chi connectivity index (χ0n) is 17.0. The van der Waals surface area contributed by atoms with Gasteiger partial charge in [0.15, 0.2) is 5.13 Å². The average Bonchev–Trinajstić information content (AvgIpc) is 3.39. The third kappa shape index (κ3) is 4.26. The van der Waals surface area contributed by atoms with Crippen molar-refractivity contribution in [3.8, 4) is 0 Å². The van der Waals surface area contributed by atoms with Crippen molar-refractivity contribution >= 4 is 28.1 Å². The van der Waals surface area contributed by atoms with Crippen molar-refractivity contribution in [3.63, 3.8) is 0 Å². The first-order chi connectivity index (χ1) is 14.2. The number of amides is 1. The van der Waals surface area contributed by atoms with Crippen molar-refractivity contribution in [1.29, 1.82) is 0 Å². The molecule has 4 nitrogen and oxygen atoms in total. The zero-order valence-corrected chi connectivity index (χ0v) is 17.9. The van der Waals surface area contributed by atoms with Gasteiger partial charge in [0.1, 0.15) is 0 Å². The molecule has 1 atom stereocenters. The smallest absolute Gasteiger partial charge is 0.230 e. The van der Waals surface area contributed by atoms with E-state index in [1.54, 1.807) is 23.2 Å². The highest BCUT2D eigenvalue weighted by atomic mass is 32.1. The summed E-state index contributed by atoms with van der Waals surface area (Å²) in [6.07, 6.45) is 3.27. The summed E-state index contributed by atoms with van der Waals surface area (Å²) >= 11 is 1.55. The maximum Gasteiger partial charge on any atom is 0.230 e. The van der Waals surface area contributed by atoms with Gasteiger partial charge < -0.3 is 0 Å². The SMILES string of the molecule is CCc1ccccc1N(C(C)=O)c1nc(CN2CCCC2c2ccccc2)cs1. The van der Waals surface area contributed by atoms with Gasteiger partial charge >= 0.3 is 0 Å². The minimum absolute atomic E-state index is 0.00451. The molecule has 4 rings (SSSR count). The Balaban J connectivity index is 1.56. The van der Waals surface area contributed by atoms with Crippen molar-refractivity contribution in [2.75, 3.05) is 11.4 Å². The first-order valence-electron chi connectivity index (χ1n) is 10.3. The number of benzene rings is 2. The van der Waals surface area contributed by atoms with E-state index in [0.29, 0.717) is 6.04 Å². The Kier molecular flexibility index (Phi) is 6.07. The molecule has 3 aromatic rings. The van der Waals surface area contributed by atoms with Crippen molar-refractivity contribution in [1.82, 2.24) is 9.88 Å². The van der Waals surface area contributed by atoms with Crippen molar-refractivity contribution in [2.24, 2.45) is 0 Å². The Morgan fingerprint density at radius 3 is 2.69 bits per heavy atom. The van der Waals surface area contributed by atoms with E-state index in [0.717, 1.165) is 41.6 Å². The van der Waals surface area contributed by atoms with Crippen molar-refractivity contribution in [3.05, 3.63) is 76.8 Å². The molecule has 1 amide bonds. The summed E-state index contributed by atoms with van der Waals surface area (Å²) < 4.78 is 0. The van der Waals surface area contributed by atoms with Gasteiger partial charge in [0.25, 0.3) is 0 Å². The van der Waals surface area contributed by atoms with Gasteiger partial charge in [-0.3, -0.25) is 14.6 Å². The number of thiazole rings is 1. The van der Waals surface area contributed by atoms with Crippen molar-refractivity contribution in [2.45, 2.75) is 45.7 Å². The lowest BCUT2D eigenvalue weighted by atomic mass is 10.0. The molecule has 29 heavy (non-hydrogen) atoms. The third-order valence-corrected chi connectivity index (χ3v) is 6.45. The molecule has 0 aliphatic carbocycles. The molecule has 2 heterocycles. The second kappa shape index (κ2) is 8.89. The van der Waals surface area contributed by atoms with Crippen LogP contribution in [0.3, 0.4) is 0 Å². The number of carbonyl (C=O) groups is 1. The molecule has 0 radical (unpaired) electrons. The molecule has 5 heteroatoms. The quantitative estimate of drug-likeness (QED) is 0.526. The van der Waals surface area contributed by atoms with Crippen molar-refractivity contribution < 1.29 is 4.79 Å². The van der Waals surface area contributed by atoms with Crippen LogP contribution < -0.4 is 4.90 Å². The maximum atomic E-state index is 12.5. The Morgan fingerprint density at radius 2 is 1.93 bits per heavy atom. The molecule has 0 N–H and O–H groups in total. The number of rotatable bonds is 6. The Hall–Kier alpha value is -2.50. The molecule has 2 aromatic carbocycles. The number of carbonyl (C=O) groups excluding carboxylic acids is 1. The lowest BCUT2D eigenvalue weighted by molar-refractivity contribution is -0.115. The van der Waals surface area contributed by atoms with Gasteiger partial charge in [0.05, 0.1) is 11.4 Å². The number of para-hydroxylation sites is 1. The lowest BCUT2D eigenvalue weighted by Crippen LogP contribution is -2.25. The second-order valence-electron chi connectivity index (χ2n) is 7.50. The first kappa shape index (κ1) is 19.8. The molecule has 1 aliphatic heterocycles. The van der Waals surface area contributed by atoms with Crippen LogP contribution in [0.15, 0.2) is 60.0 Å². The lowest BCUT2D eigenvalue weighted by Gasteiger charge is -2.24. The minimum Gasteiger partial charge on any atom is -0.290 e. The molecule has 150 valence electrons. The predicted molar refractivity (Wildman–Crippen MR) is 120 cm³/mol. The van der Waals surface area contributed by atoms with E-state index < -0.39 is 0 Å². The van der Waals surface area contributed by atoms with Crippen LogP contribution in [0, 0.1) is 0 Å². The Bertz CT molecular complexity index is 969. The number of hydrogen-bond donors (Lipinski definition) is 0. The van der Waals surface area contributed by atoms with E-state index in [-0.39, 0.29) is 5.91 Å². The molecular weight excluding hydrogens is 378 g/mol. The summed E-state index contributed by atoms with van der Waals surface area (Å²) in [6, 6.07) is 19.3. The van der Waals surface area contributed by atoms with Crippen LogP contribution in [0.5, 0.6) is 0 Å². The fourth-order valence-corrected chi connectivity index (χ4v) is 5.05. The summed E-state index contributed by atoms with van der Waals surface area (Å²) in [5, 5.41) is 2.85. The highest BCUT2D eigenvalue weighted by Crippen LogP contribution is 2.35. The number of anilines is 2. The molecule has 0 bridgehead atoms. The normalized spacial score (nSPS) is 16.8. The van der Waals surface area contributed by atoms with E-state index in [9.17, 15) is 4.79 Å². The van der Waals surface area contributed by atoms with Crippen LogP contribution >= 0.6 is 11.3 Å². The minimum atomic E-state index is -0.00451. The van der Waals surface area contributed by atoms with Crippen LogP contribution in [0.2, 0.25) is 0 Å². The summed E-state index contributed by atoms with van der Waals surface area (Å²) in [4.78, 5) is 21.6. The van der Waals surface area contributed by atoms with Crippen LogP contribution in [0.1, 0.15) is 49.6 Å². The summed E-state index contributed by atoms with van der Waals surface area (Å²) in [5.41, 5.74) is 4.51. The molecule has 0 spiro atoms. The van der Waals surface area contributed by atoms with Gasteiger partial charge in [-0.1, -0.05) is 55.5 Å². The fourth-order valence-electron chi connectivity index (χ4n) is 4.18.